The van der Waals surface area contributed by atoms with Crippen molar-refractivity contribution in [1.82, 2.24) is 0 Å². The van der Waals surface area contributed by atoms with Gasteiger partial charge in [-0.2, -0.15) is 0 Å². The third kappa shape index (κ3) is 3.47. The Morgan fingerprint density at radius 3 is 2.78 bits per heavy atom. The number of nitrogens with two attached hydrogens (primary N) is 1. The highest BCUT2D eigenvalue weighted by Crippen LogP contribution is 2.23. The molecule has 1 fully saturated rings. The van der Waals surface area contributed by atoms with Crippen LogP contribution in [-0.2, 0) is 4.74 Å². The first-order valence-electron chi connectivity index (χ1n) is 6.77. The van der Waals surface area contributed by atoms with Gasteiger partial charge in [-0.1, -0.05) is 26.0 Å². The van der Waals surface area contributed by atoms with Crippen LogP contribution in [0.2, 0.25) is 0 Å². The Labute approximate surface area is 109 Å². The molecule has 0 aliphatic carbocycles. The molecule has 2 rings (SSSR count). The Hall–Kier alpha value is -1.06. The molecular weight excluding hydrogens is 226 g/mol. The lowest BCUT2D eigenvalue weighted by atomic mass is 10.0. The van der Waals surface area contributed by atoms with Gasteiger partial charge in [0.05, 0.1) is 12.2 Å². The van der Waals surface area contributed by atoms with Crippen LogP contribution in [0.4, 0.5) is 0 Å². The van der Waals surface area contributed by atoms with Gasteiger partial charge in [0.25, 0.3) is 0 Å². The molecule has 1 aromatic carbocycles. The lowest BCUT2D eigenvalue weighted by Gasteiger charge is -2.14. The fraction of sp³-hybridized carbons (Fsp3) is 0.600. The van der Waals surface area contributed by atoms with Crippen LogP contribution in [0.15, 0.2) is 24.3 Å². The van der Waals surface area contributed by atoms with Crippen LogP contribution in [0.1, 0.15) is 38.2 Å². The fourth-order valence-electron chi connectivity index (χ4n) is 2.23. The van der Waals surface area contributed by atoms with Crippen molar-refractivity contribution < 1.29 is 9.47 Å². The van der Waals surface area contributed by atoms with E-state index in [-0.39, 0.29) is 12.2 Å². The summed E-state index contributed by atoms with van der Waals surface area (Å²) in [6.45, 7) is 5.60. The first-order valence-corrected chi connectivity index (χ1v) is 6.77. The van der Waals surface area contributed by atoms with Crippen LogP contribution < -0.4 is 10.5 Å². The van der Waals surface area contributed by atoms with Gasteiger partial charge >= 0.3 is 0 Å². The summed E-state index contributed by atoms with van der Waals surface area (Å²) in [5.74, 6) is 1.46. The van der Waals surface area contributed by atoms with E-state index in [1.807, 2.05) is 12.1 Å². The van der Waals surface area contributed by atoms with Gasteiger partial charge in [-0.05, 0) is 36.5 Å². The second-order valence-corrected chi connectivity index (χ2v) is 5.23. The smallest absolute Gasteiger partial charge is 0.119 e. The summed E-state index contributed by atoms with van der Waals surface area (Å²) in [7, 11) is 0. The van der Waals surface area contributed by atoms with Gasteiger partial charge in [-0.3, -0.25) is 0 Å². The maximum Gasteiger partial charge on any atom is 0.119 e. The number of benzene rings is 1. The number of ether oxygens (including phenoxy) is 2. The topological polar surface area (TPSA) is 44.5 Å². The van der Waals surface area contributed by atoms with Gasteiger partial charge < -0.3 is 15.2 Å². The van der Waals surface area contributed by atoms with Crippen molar-refractivity contribution in [3.05, 3.63) is 29.8 Å². The second kappa shape index (κ2) is 6.21. The highest BCUT2D eigenvalue weighted by atomic mass is 16.5. The van der Waals surface area contributed by atoms with Gasteiger partial charge in [-0.15, -0.1) is 0 Å². The molecule has 1 aliphatic rings. The highest BCUT2D eigenvalue weighted by molar-refractivity contribution is 5.30. The standard InChI is InChI=1S/C15H23NO2/c1-11(2)12-4-3-5-13(8-12)17-10-15-7-6-14(9-16)18-15/h3-5,8,11,14-15H,6-7,9-10,16H2,1-2H3. The molecule has 1 aromatic rings. The molecule has 3 heteroatoms. The molecule has 0 amide bonds. The normalized spacial score (nSPS) is 23.6. The van der Waals surface area contributed by atoms with Crippen molar-refractivity contribution in [3.8, 4) is 5.75 Å². The second-order valence-electron chi connectivity index (χ2n) is 5.23. The van der Waals surface area contributed by atoms with E-state index in [0.29, 0.717) is 19.1 Å². The molecule has 1 saturated heterocycles. The van der Waals surface area contributed by atoms with E-state index >= 15 is 0 Å². The zero-order valence-corrected chi connectivity index (χ0v) is 11.3. The minimum absolute atomic E-state index is 0.196. The zero-order valence-electron chi connectivity index (χ0n) is 11.3. The minimum atomic E-state index is 0.196. The summed E-state index contributed by atoms with van der Waals surface area (Å²) >= 11 is 0. The summed E-state index contributed by atoms with van der Waals surface area (Å²) in [5, 5.41) is 0. The molecule has 1 aliphatic heterocycles. The summed E-state index contributed by atoms with van der Waals surface area (Å²) in [6.07, 6.45) is 2.52. The van der Waals surface area contributed by atoms with Crippen LogP contribution in [0.3, 0.4) is 0 Å². The molecule has 0 bridgehead atoms. The van der Waals surface area contributed by atoms with Gasteiger partial charge in [-0.25, -0.2) is 0 Å². The lowest BCUT2D eigenvalue weighted by Crippen LogP contribution is -2.23. The largest absolute Gasteiger partial charge is 0.491 e. The van der Waals surface area contributed by atoms with Crippen molar-refractivity contribution in [3.63, 3.8) is 0 Å². The first-order chi connectivity index (χ1) is 8.69. The Kier molecular flexibility index (Phi) is 4.61. The molecule has 2 atom stereocenters. The zero-order chi connectivity index (χ0) is 13.0. The van der Waals surface area contributed by atoms with E-state index in [1.165, 1.54) is 5.56 Å². The summed E-state index contributed by atoms with van der Waals surface area (Å²) < 4.78 is 11.6. The van der Waals surface area contributed by atoms with Crippen molar-refractivity contribution in [2.75, 3.05) is 13.2 Å². The minimum Gasteiger partial charge on any atom is -0.491 e. The van der Waals surface area contributed by atoms with Crippen molar-refractivity contribution in [1.29, 1.82) is 0 Å². The van der Waals surface area contributed by atoms with E-state index in [2.05, 4.69) is 26.0 Å². The Balaban J connectivity index is 1.85. The maximum absolute atomic E-state index is 5.81. The first kappa shape index (κ1) is 13.4. The molecule has 0 spiro atoms. The number of hydrogen-bond acceptors (Lipinski definition) is 3. The Bertz CT molecular complexity index is 379. The van der Waals surface area contributed by atoms with Crippen molar-refractivity contribution in [2.45, 2.75) is 44.8 Å². The van der Waals surface area contributed by atoms with E-state index in [4.69, 9.17) is 15.2 Å². The summed E-state index contributed by atoms with van der Waals surface area (Å²) in [4.78, 5) is 0. The van der Waals surface area contributed by atoms with Gasteiger partial charge in [0.1, 0.15) is 12.4 Å². The molecule has 0 aromatic heterocycles. The van der Waals surface area contributed by atoms with Crippen LogP contribution in [0.25, 0.3) is 0 Å². The van der Waals surface area contributed by atoms with Crippen LogP contribution in [0, 0.1) is 0 Å². The van der Waals surface area contributed by atoms with E-state index in [0.717, 1.165) is 18.6 Å². The molecule has 3 nitrogen and oxygen atoms in total. The molecule has 2 N–H and O–H groups in total. The molecule has 0 saturated carbocycles. The molecule has 0 radical (unpaired) electrons. The van der Waals surface area contributed by atoms with Crippen molar-refractivity contribution in [2.24, 2.45) is 5.73 Å². The Morgan fingerprint density at radius 1 is 1.33 bits per heavy atom. The molecule has 1 heterocycles. The molecule has 100 valence electrons. The average Bonchev–Trinajstić information content (AvgIpc) is 2.84. The van der Waals surface area contributed by atoms with E-state index in [9.17, 15) is 0 Å². The number of hydrogen-bond donors (Lipinski definition) is 1. The number of rotatable bonds is 5. The summed E-state index contributed by atoms with van der Waals surface area (Å²) in [5.41, 5.74) is 6.90. The van der Waals surface area contributed by atoms with Gasteiger partial charge in [0, 0.05) is 6.54 Å². The Morgan fingerprint density at radius 2 is 2.11 bits per heavy atom. The highest BCUT2D eigenvalue weighted by Gasteiger charge is 2.24. The lowest BCUT2D eigenvalue weighted by molar-refractivity contribution is 0.0222. The maximum atomic E-state index is 5.81. The average molecular weight is 249 g/mol. The fourth-order valence-corrected chi connectivity index (χ4v) is 2.23. The summed E-state index contributed by atoms with van der Waals surface area (Å²) in [6, 6.07) is 8.29. The molecular formula is C15H23NO2. The monoisotopic (exact) mass is 249 g/mol. The third-order valence-electron chi connectivity index (χ3n) is 3.42. The SMILES string of the molecule is CC(C)c1cccc(OCC2CCC(CN)O2)c1. The predicted molar refractivity (Wildman–Crippen MR) is 73.0 cm³/mol. The van der Waals surface area contributed by atoms with Crippen LogP contribution >= 0.6 is 0 Å². The van der Waals surface area contributed by atoms with Gasteiger partial charge in [0.2, 0.25) is 0 Å². The van der Waals surface area contributed by atoms with Crippen molar-refractivity contribution >= 4 is 0 Å². The third-order valence-corrected chi connectivity index (χ3v) is 3.42. The molecule has 2 unspecified atom stereocenters. The molecule has 18 heavy (non-hydrogen) atoms. The van der Waals surface area contributed by atoms with Gasteiger partial charge in [0.15, 0.2) is 0 Å². The van der Waals surface area contributed by atoms with E-state index < -0.39 is 0 Å². The quantitative estimate of drug-likeness (QED) is 0.872. The van der Waals surface area contributed by atoms with Crippen LogP contribution in [-0.4, -0.2) is 25.4 Å². The predicted octanol–water partition coefficient (Wildman–Crippen LogP) is 2.70. The van der Waals surface area contributed by atoms with Crippen LogP contribution in [0.5, 0.6) is 5.75 Å². The van der Waals surface area contributed by atoms with E-state index in [1.54, 1.807) is 0 Å².